The van der Waals surface area contributed by atoms with E-state index in [1.54, 1.807) is 7.05 Å². The fourth-order valence-corrected chi connectivity index (χ4v) is 2.51. The number of aliphatic imine (C=N–C) groups is 1. The van der Waals surface area contributed by atoms with Gasteiger partial charge in [-0.3, -0.25) is 9.98 Å². The zero-order valence-corrected chi connectivity index (χ0v) is 15.5. The van der Waals surface area contributed by atoms with Crippen LogP contribution < -0.4 is 15.4 Å². The predicted octanol–water partition coefficient (Wildman–Crippen LogP) is 2.87. The molecule has 0 aliphatic carbocycles. The van der Waals surface area contributed by atoms with Gasteiger partial charge in [-0.1, -0.05) is 18.2 Å². The number of benzene rings is 1. The molecule has 0 aliphatic heterocycles. The van der Waals surface area contributed by atoms with Gasteiger partial charge in [-0.2, -0.15) is 0 Å². The van der Waals surface area contributed by atoms with Gasteiger partial charge in [-0.15, -0.1) is 0 Å². The molecule has 1 unspecified atom stereocenters. The molecule has 0 aliphatic rings. The highest BCUT2D eigenvalue weighted by Gasteiger charge is 2.07. The number of aromatic nitrogens is 1. The quantitative estimate of drug-likeness (QED) is 0.601. The van der Waals surface area contributed by atoms with Crippen LogP contribution in [0.15, 0.2) is 47.7 Å². The van der Waals surface area contributed by atoms with Crippen LogP contribution in [0.5, 0.6) is 5.75 Å². The lowest BCUT2D eigenvalue weighted by atomic mass is 10.1. The second-order valence-electron chi connectivity index (χ2n) is 6.13. The van der Waals surface area contributed by atoms with Crippen LogP contribution in [0.3, 0.4) is 0 Å². The summed E-state index contributed by atoms with van der Waals surface area (Å²) in [6, 6.07) is 10.1. The van der Waals surface area contributed by atoms with Crippen molar-refractivity contribution < 1.29 is 4.74 Å². The van der Waals surface area contributed by atoms with Crippen molar-refractivity contribution in [1.29, 1.82) is 0 Å². The third-order valence-corrected chi connectivity index (χ3v) is 4.03. The van der Waals surface area contributed by atoms with Crippen molar-refractivity contribution in [3.8, 4) is 5.75 Å². The van der Waals surface area contributed by atoms with E-state index in [1.807, 2.05) is 37.5 Å². The second-order valence-corrected chi connectivity index (χ2v) is 6.13. The average molecular weight is 340 g/mol. The molecule has 2 rings (SSSR count). The van der Waals surface area contributed by atoms with E-state index in [4.69, 9.17) is 4.74 Å². The third kappa shape index (κ3) is 6.10. The van der Waals surface area contributed by atoms with Crippen LogP contribution in [0.2, 0.25) is 0 Å². The van der Waals surface area contributed by atoms with Crippen molar-refractivity contribution >= 4 is 5.96 Å². The summed E-state index contributed by atoms with van der Waals surface area (Å²) in [5, 5.41) is 6.65. The topological polar surface area (TPSA) is 58.5 Å². The maximum absolute atomic E-state index is 5.98. The number of guanidine groups is 1. The Morgan fingerprint density at radius 1 is 1.16 bits per heavy atom. The molecular formula is C20H28N4O. The molecule has 25 heavy (non-hydrogen) atoms. The number of aryl methyl sites for hydroxylation is 2. The van der Waals surface area contributed by atoms with Gasteiger partial charge in [0, 0.05) is 26.0 Å². The molecule has 1 aromatic heterocycles. The van der Waals surface area contributed by atoms with Crippen LogP contribution in [-0.4, -0.2) is 37.2 Å². The Hall–Kier alpha value is -2.56. The van der Waals surface area contributed by atoms with E-state index in [0.717, 1.165) is 30.2 Å². The minimum atomic E-state index is 0.0436. The number of rotatable bonds is 7. The first-order chi connectivity index (χ1) is 12.1. The normalized spacial score (nSPS) is 12.6. The number of hydrogen-bond donors (Lipinski definition) is 2. The molecule has 134 valence electrons. The van der Waals surface area contributed by atoms with Crippen LogP contribution >= 0.6 is 0 Å². The molecule has 5 heteroatoms. The first-order valence-corrected chi connectivity index (χ1v) is 8.66. The molecule has 0 radical (unpaired) electrons. The number of nitrogens with one attached hydrogen (secondary N) is 2. The molecule has 1 atom stereocenters. The van der Waals surface area contributed by atoms with E-state index in [0.29, 0.717) is 6.54 Å². The number of nitrogens with zero attached hydrogens (tertiary/aromatic N) is 2. The summed E-state index contributed by atoms with van der Waals surface area (Å²) in [7, 11) is 1.78. The molecule has 0 saturated heterocycles. The molecule has 5 nitrogen and oxygen atoms in total. The maximum Gasteiger partial charge on any atom is 0.191 e. The van der Waals surface area contributed by atoms with Crippen molar-refractivity contribution in [3.63, 3.8) is 0 Å². The zero-order chi connectivity index (χ0) is 18.1. The standard InChI is InChI=1S/C20H28N4O/c1-15-7-5-6-8-19(15)25-17(3)14-24-20(21-4)23-12-10-18-9-11-22-13-16(18)2/h5-9,11,13,17H,10,12,14H2,1-4H3,(H2,21,23,24). The Morgan fingerprint density at radius 3 is 2.68 bits per heavy atom. The molecule has 0 spiro atoms. The molecule has 0 saturated carbocycles. The Kier molecular flexibility index (Phi) is 7.26. The number of pyridine rings is 1. The summed E-state index contributed by atoms with van der Waals surface area (Å²) in [4.78, 5) is 8.39. The van der Waals surface area contributed by atoms with Gasteiger partial charge in [0.25, 0.3) is 0 Å². The molecule has 1 aromatic carbocycles. The van der Waals surface area contributed by atoms with E-state index in [9.17, 15) is 0 Å². The third-order valence-electron chi connectivity index (χ3n) is 4.03. The van der Waals surface area contributed by atoms with Crippen LogP contribution in [0.1, 0.15) is 23.6 Å². The minimum Gasteiger partial charge on any atom is -0.489 e. The van der Waals surface area contributed by atoms with Crippen LogP contribution in [0, 0.1) is 13.8 Å². The summed E-state index contributed by atoms with van der Waals surface area (Å²) in [5.74, 6) is 1.71. The van der Waals surface area contributed by atoms with Crippen molar-refractivity contribution in [2.75, 3.05) is 20.1 Å². The van der Waals surface area contributed by atoms with E-state index in [2.05, 4.69) is 46.6 Å². The van der Waals surface area contributed by atoms with Crippen LogP contribution in [-0.2, 0) is 6.42 Å². The van der Waals surface area contributed by atoms with Gasteiger partial charge in [-0.05, 0) is 56.0 Å². The molecule has 2 aromatic rings. The predicted molar refractivity (Wildman–Crippen MR) is 103 cm³/mol. The fourth-order valence-electron chi connectivity index (χ4n) is 2.51. The van der Waals surface area contributed by atoms with E-state index in [-0.39, 0.29) is 6.10 Å². The lowest BCUT2D eigenvalue weighted by Crippen LogP contribution is -2.42. The summed E-state index contributed by atoms with van der Waals surface area (Å²) >= 11 is 0. The number of ether oxygens (including phenoxy) is 1. The second kappa shape index (κ2) is 9.67. The molecule has 0 bridgehead atoms. The Bertz CT molecular complexity index is 700. The van der Waals surface area contributed by atoms with Gasteiger partial charge >= 0.3 is 0 Å². The summed E-state index contributed by atoms with van der Waals surface area (Å²) in [5.41, 5.74) is 3.66. The van der Waals surface area contributed by atoms with Crippen LogP contribution in [0.25, 0.3) is 0 Å². The lowest BCUT2D eigenvalue weighted by molar-refractivity contribution is 0.222. The average Bonchev–Trinajstić information content (AvgIpc) is 2.61. The summed E-state index contributed by atoms with van der Waals surface area (Å²) < 4.78 is 5.98. The van der Waals surface area contributed by atoms with Gasteiger partial charge in [0.1, 0.15) is 11.9 Å². The van der Waals surface area contributed by atoms with Gasteiger partial charge < -0.3 is 15.4 Å². The highest BCUT2D eigenvalue weighted by molar-refractivity contribution is 5.79. The Labute approximate surface area is 150 Å². The van der Waals surface area contributed by atoms with Gasteiger partial charge in [0.15, 0.2) is 5.96 Å². The highest BCUT2D eigenvalue weighted by atomic mass is 16.5. The summed E-state index contributed by atoms with van der Waals surface area (Å²) in [6.45, 7) is 7.68. The smallest absolute Gasteiger partial charge is 0.191 e. The SMILES string of the molecule is CN=C(NCCc1ccncc1C)NCC(C)Oc1ccccc1C. The van der Waals surface area contributed by atoms with E-state index >= 15 is 0 Å². The first kappa shape index (κ1) is 18.8. The molecular weight excluding hydrogens is 312 g/mol. The minimum absolute atomic E-state index is 0.0436. The number of para-hydroxylation sites is 1. The van der Waals surface area contributed by atoms with E-state index in [1.165, 1.54) is 11.1 Å². The Balaban J connectivity index is 1.74. The lowest BCUT2D eigenvalue weighted by Gasteiger charge is -2.19. The molecule has 2 N–H and O–H groups in total. The van der Waals surface area contributed by atoms with Crippen molar-refractivity contribution in [2.24, 2.45) is 4.99 Å². The maximum atomic E-state index is 5.98. The van der Waals surface area contributed by atoms with Gasteiger partial charge in [0.05, 0.1) is 6.54 Å². The number of hydrogen-bond acceptors (Lipinski definition) is 3. The van der Waals surface area contributed by atoms with Gasteiger partial charge in [-0.25, -0.2) is 0 Å². The summed E-state index contributed by atoms with van der Waals surface area (Å²) in [6.07, 6.45) is 4.71. The Morgan fingerprint density at radius 2 is 1.96 bits per heavy atom. The van der Waals surface area contributed by atoms with E-state index < -0.39 is 0 Å². The zero-order valence-electron chi connectivity index (χ0n) is 15.5. The van der Waals surface area contributed by atoms with Crippen LogP contribution in [0.4, 0.5) is 0 Å². The largest absolute Gasteiger partial charge is 0.489 e. The highest BCUT2D eigenvalue weighted by Crippen LogP contribution is 2.17. The molecule has 0 fully saturated rings. The molecule has 1 heterocycles. The van der Waals surface area contributed by atoms with Gasteiger partial charge in [0.2, 0.25) is 0 Å². The van der Waals surface area contributed by atoms with Crippen molar-refractivity contribution in [2.45, 2.75) is 33.3 Å². The fraction of sp³-hybridized carbons (Fsp3) is 0.400. The first-order valence-electron chi connectivity index (χ1n) is 8.66. The van der Waals surface area contributed by atoms with Crippen molar-refractivity contribution in [3.05, 3.63) is 59.4 Å². The van der Waals surface area contributed by atoms with Crippen molar-refractivity contribution in [1.82, 2.24) is 15.6 Å². The molecule has 0 amide bonds. The monoisotopic (exact) mass is 340 g/mol.